The molecule has 0 aliphatic heterocycles. The van der Waals surface area contributed by atoms with Crippen LogP contribution in [-0.4, -0.2) is 19.9 Å². The minimum Gasteiger partial charge on any atom is -0.248 e. The Kier molecular flexibility index (Phi) is 6.48. The van der Waals surface area contributed by atoms with Gasteiger partial charge in [-0.2, -0.15) is 26.3 Å². The number of benzene rings is 2. The zero-order valence-corrected chi connectivity index (χ0v) is 17.8. The summed E-state index contributed by atoms with van der Waals surface area (Å²) in [7, 11) is 0. The van der Waals surface area contributed by atoms with Crippen LogP contribution in [0.5, 0.6) is 0 Å². The molecule has 4 nitrogen and oxygen atoms in total. The number of rotatable bonds is 0. The maximum absolute atomic E-state index is 12.4. The molecule has 0 atom stereocenters. The molecule has 0 aliphatic rings. The number of aromatic nitrogens is 4. The number of aryl methyl sites for hydroxylation is 2. The number of hydrogen-bond donors (Lipinski definition) is 0. The number of hydrogen-bond acceptors (Lipinski definition) is 4. The Hall–Kier alpha value is -2.72. The summed E-state index contributed by atoms with van der Waals surface area (Å²) in [6.45, 7) is 3.24. The van der Waals surface area contributed by atoms with Crippen LogP contribution in [0.25, 0.3) is 22.1 Å². The monoisotopic (exact) mass is 492 g/mol. The molecule has 0 bridgehead atoms. The molecule has 0 radical (unpaired) electrons. The van der Waals surface area contributed by atoms with Crippen LogP contribution in [-0.2, 0) is 12.4 Å². The summed E-state index contributed by atoms with van der Waals surface area (Å²) in [5.74, 6) is 0. The summed E-state index contributed by atoms with van der Waals surface area (Å²) < 4.78 is 74.5. The predicted molar refractivity (Wildman–Crippen MR) is 109 cm³/mol. The SMILES string of the molecule is Cc1nc2cc(C(F)(F)F)ccc2nc1Cl.Cc1nc2ccc(C(F)(F)F)cc2nc1Cl. The molecule has 4 rings (SSSR count). The molecule has 0 saturated heterocycles. The third-order valence-electron chi connectivity index (χ3n) is 4.22. The molecular weight excluding hydrogens is 481 g/mol. The second-order valence-electron chi connectivity index (χ2n) is 6.60. The molecule has 32 heavy (non-hydrogen) atoms. The summed E-state index contributed by atoms with van der Waals surface area (Å²) in [5.41, 5.74) is 0.494. The van der Waals surface area contributed by atoms with Gasteiger partial charge in [-0.05, 0) is 50.2 Å². The largest absolute Gasteiger partial charge is 0.416 e. The van der Waals surface area contributed by atoms with Crippen molar-refractivity contribution in [1.82, 2.24) is 19.9 Å². The fraction of sp³-hybridized carbons (Fsp3) is 0.200. The summed E-state index contributed by atoms with van der Waals surface area (Å²) >= 11 is 11.4. The number of fused-ring (bicyclic) bond motifs is 2. The molecule has 2 aromatic heterocycles. The lowest BCUT2D eigenvalue weighted by Gasteiger charge is -2.07. The summed E-state index contributed by atoms with van der Waals surface area (Å²) in [6.07, 6.45) is -8.75. The minimum absolute atomic E-state index is 0.117. The van der Waals surface area contributed by atoms with E-state index in [1.54, 1.807) is 13.8 Å². The molecule has 0 aliphatic carbocycles. The summed E-state index contributed by atoms with van der Waals surface area (Å²) in [4.78, 5) is 15.8. The molecule has 0 fully saturated rings. The topological polar surface area (TPSA) is 51.6 Å². The quantitative estimate of drug-likeness (QED) is 0.243. The molecule has 4 aromatic rings. The van der Waals surface area contributed by atoms with E-state index in [9.17, 15) is 26.3 Å². The van der Waals surface area contributed by atoms with Crippen LogP contribution in [0, 0.1) is 13.8 Å². The van der Waals surface area contributed by atoms with Crippen molar-refractivity contribution in [3.8, 4) is 0 Å². The second kappa shape index (κ2) is 8.67. The Morgan fingerprint density at radius 2 is 0.906 bits per heavy atom. The third kappa shape index (κ3) is 5.36. The van der Waals surface area contributed by atoms with Crippen molar-refractivity contribution in [2.45, 2.75) is 26.2 Å². The Labute approximate surface area is 187 Å². The highest BCUT2D eigenvalue weighted by molar-refractivity contribution is 6.30. The van der Waals surface area contributed by atoms with Crippen LogP contribution in [0.15, 0.2) is 36.4 Å². The number of halogens is 8. The van der Waals surface area contributed by atoms with E-state index >= 15 is 0 Å². The average molecular weight is 493 g/mol. The molecule has 168 valence electrons. The number of nitrogens with zero attached hydrogens (tertiary/aromatic N) is 4. The molecule has 0 amide bonds. The first-order chi connectivity index (χ1) is 14.8. The van der Waals surface area contributed by atoms with Crippen molar-refractivity contribution in [2.75, 3.05) is 0 Å². The van der Waals surface area contributed by atoms with Gasteiger partial charge in [0, 0.05) is 0 Å². The van der Waals surface area contributed by atoms with Crippen molar-refractivity contribution in [3.63, 3.8) is 0 Å². The Morgan fingerprint density at radius 1 is 0.562 bits per heavy atom. The van der Waals surface area contributed by atoms with E-state index in [0.29, 0.717) is 22.4 Å². The number of alkyl halides is 6. The van der Waals surface area contributed by atoms with Crippen LogP contribution in [0.4, 0.5) is 26.3 Å². The van der Waals surface area contributed by atoms with Gasteiger partial charge in [0.05, 0.1) is 44.6 Å². The zero-order chi connectivity index (χ0) is 23.8. The first-order valence-corrected chi connectivity index (χ1v) is 9.53. The molecular formula is C20H12Cl2F6N4. The maximum atomic E-state index is 12.4. The van der Waals surface area contributed by atoms with Gasteiger partial charge in [-0.3, -0.25) is 0 Å². The van der Waals surface area contributed by atoms with E-state index in [1.807, 2.05) is 0 Å². The maximum Gasteiger partial charge on any atom is 0.416 e. The first-order valence-electron chi connectivity index (χ1n) is 8.78. The smallest absolute Gasteiger partial charge is 0.248 e. The van der Waals surface area contributed by atoms with E-state index in [-0.39, 0.29) is 21.3 Å². The predicted octanol–water partition coefficient (Wildman–Crippen LogP) is 7.22. The van der Waals surface area contributed by atoms with Gasteiger partial charge in [0.15, 0.2) is 10.3 Å². The van der Waals surface area contributed by atoms with Crippen molar-refractivity contribution in [1.29, 1.82) is 0 Å². The van der Waals surface area contributed by atoms with Gasteiger partial charge in [0.2, 0.25) is 0 Å². The average Bonchev–Trinajstić information content (AvgIpc) is 2.68. The fourth-order valence-corrected chi connectivity index (χ4v) is 2.86. The fourth-order valence-electron chi connectivity index (χ4n) is 2.59. The van der Waals surface area contributed by atoms with Crippen LogP contribution in [0.2, 0.25) is 10.3 Å². The van der Waals surface area contributed by atoms with Gasteiger partial charge in [-0.25, -0.2) is 19.9 Å². The van der Waals surface area contributed by atoms with Gasteiger partial charge in [0.25, 0.3) is 0 Å². The van der Waals surface area contributed by atoms with E-state index in [4.69, 9.17) is 23.2 Å². The highest BCUT2D eigenvalue weighted by Gasteiger charge is 2.31. The van der Waals surface area contributed by atoms with Gasteiger partial charge in [0.1, 0.15) is 0 Å². The Balaban J connectivity index is 0.000000181. The molecule has 0 unspecified atom stereocenters. The van der Waals surface area contributed by atoms with Crippen molar-refractivity contribution < 1.29 is 26.3 Å². The van der Waals surface area contributed by atoms with E-state index in [1.165, 1.54) is 12.1 Å². The molecule has 0 saturated carbocycles. The Morgan fingerprint density at radius 3 is 1.34 bits per heavy atom. The zero-order valence-electron chi connectivity index (χ0n) is 16.3. The highest BCUT2D eigenvalue weighted by Crippen LogP contribution is 2.32. The lowest BCUT2D eigenvalue weighted by atomic mass is 10.2. The van der Waals surface area contributed by atoms with E-state index < -0.39 is 23.5 Å². The molecule has 2 aromatic carbocycles. The van der Waals surface area contributed by atoms with Crippen LogP contribution < -0.4 is 0 Å². The third-order valence-corrected chi connectivity index (χ3v) is 4.93. The summed E-state index contributed by atoms with van der Waals surface area (Å²) in [5, 5.41) is 0.319. The van der Waals surface area contributed by atoms with Crippen molar-refractivity contribution >= 4 is 45.3 Å². The second-order valence-corrected chi connectivity index (χ2v) is 7.32. The normalized spacial score (nSPS) is 12.1. The van der Waals surface area contributed by atoms with Gasteiger partial charge in [-0.15, -0.1) is 0 Å². The molecule has 0 spiro atoms. The first kappa shape index (κ1) is 23.9. The van der Waals surface area contributed by atoms with Crippen LogP contribution in [0.1, 0.15) is 22.5 Å². The lowest BCUT2D eigenvalue weighted by Crippen LogP contribution is -2.05. The molecule has 2 heterocycles. The molecule has 12 heteroatoms. The van der Waals surface area contributed by atoms with Crippen LogP contribution in [0.3, 0.4) is 0 Å². The van der Waals surface area contributed by atoms with Crippen LogP contribution >= 0.6 is 23.2 Å². The van der Waals surface area contributed by atoms with Gasteiger partial charge >= 0.3 is 12.4 Å². The van der Waals surface area contributed by atoms with Gasteiger partial charge < -0.3 is 0 Å². The van der Waals surface area contributed by atoms with Gasteiger partial charge in [-0.1, -0.05) is 23.2 Å². The lowest BCUT2D eigenvalue weighted by molar-refractivity contribution is -0.138. The van der Waals surface area contributed by atoms with Crippen molar-refractivity contribution in [3.05, 3.63) is 69.2 Å². The van der Waals surface area contributed by atoms with E-state index in [2.05, 4.69) is 19.9 Å². The van der Waals surface area contributed by atoms with E-state index in [0.717, 1.165) is 24.3 Å². The summed E-state index contributed by atoms with van der Waals surface area (Å²) in [6, 6.07) is 6.39. The minimum atomic E-state index is -4.38. The Bertz CT molecular complexity index is 1200. The van der Waals surface area contributed by atoms with Crippen molar-refractivity contribution in [2.24, 2.45) is 0 Å². The highest BCUT2D eigenvalue weighted by atomic mass is 35.5. The molecule has 0 N–H and O–H groups in total. The standard InChI is InChI=1S/2C10H6ClF3N2/c1-5-9(11)16-7-3-2-6(10(12,13)14)4-8(7)15-5;1-5-9(11)16-8-4-6(10(12,13)14)2-3-7(8)15-5/h2*2-4H,1H3.